The molecule has 0 bridgehead atoms. The van der Waals surface area contributed by atoms with Gasteiger partial charge in [-0.3, -0.25) is 4.90 Å². The van der Waals surface area contributed by atoms with Crippen LogP contribution in [0.15, 0.2) is 34.5 Å². The molecule has 2 aromatic rings. The van der Waals surface area contributed by atoms with Gasteiger partial charge in [0, 0.05) is 56.5 Å². The number of rotatable bonds is 6. The van der Waals surface area contributed by atoms with E-state index in [-0.39, 0.29) is 0 Å². The SMILES string of the molecule is CS(=O)(=O)c1ccc(-c2nc(CN3CCN(CC4CC4)CC3)cs2)cc1. The minimum Gasteiger partial charge on any atom is -0.301 e. The molecule has 0 spiro atoms. The first-order valence-electron chi connectivity index (χ1n) is 9.17. The van der Waals surface area contributed by atoms with Gasteiger partial charge in [0.1, 0.15) is 5.01 Å². The minimum absolute atomic E-state index is 0.349. The molecule has 1 aromatic heterocycles. The second kappa shape index (κ2) is 7.38. The Labute approximate surface area is 159 Å². The molecule has 1 aliphatic heterocycles. The van der Waals surface area contributed by atoms with Crippen LogP contribution in [0.2, 0.25) is 0 Å². The highest BCUT2D eigenvalue weighted by molar-refractivity contribution is 7.90. The number of thiazole rings is 1. The highest BCUT2D eigenvalue weighted by Gasteiger charge is 2.26. The summed E-state index contributed by atoms with van der Waals surface area (Å²) >= 11 is 1.62. The van der Waals surface area contributed by atoms with Gasteiger partial charge in [-0.05, 0) is 30.9 Å². The molecule has 1 aromatic carbocycles. The largest absolute Gasteiger partial charge is 0.301 e. The Balaban J connectivity index is 1.34. The van der Waals surface area contributed by atoms with Crippen molar-refractivity contribution in [3.63, 3.8) is 0 Å². The van der Waals surface area contributed by atoms with E-state index >= 15 is 0 Å². The van der Waals surface area contributed by atoms with Crippen molar-refractivity contribution in [2.45, 2.75) is 24.3 Å². The van der Waals surface area contributed by atoms with Crippen LogP contribution in [0.4, 0.5) is 0 Å². The predicted octanol–water partition coefficient (Wildman–Crippen LogP) is 2.74. The van der Waals surface area contributed by atoms with E-state index in [1.54, 1.807) is 23.5 Å². The summed E-state index contributed by atoms with van der Waals surface area (Å²) in [4.78, 5) is 10.2. The van der Waals surface area contributed by atoms with Crippen LogP contribution in [0.5, 0.6) is 0 Å². The molecule has 1 saturated carbocycles. The van der Waals surface area contributed by atoms with E-state index in [0.717, 1.165) is 41.8 Å². The molecule has 2 fully saturated rings. The molecule has 4 rings (SSSR count). The lowest BCUT2D eigenvalue weighted by atomic mass is 10.2. The molecule has 5 nitrogen and oxygen atoms in total. The van der Waals surface area contributed by atoms with Gasteiger partial charge >= 0.3 is 0 Å². The summed E-state index contributed by atoms with van der Waals surface area (Å²) in [7, 11) is -3.15. The molecular weight excluding hydrogens is 366 g/mol. The molecule has 26 heavy (non-hydrogen) atoms. The number of hydrogen-bond donors (Lipinski definition) is 0. The van der Waals surface area contributed by atoms with Crippen molar-refractivity contribution in [2.75, 3.05) is 39.0 Å². The predicted molar refractivity (Wildman–Crippen MR) is 105 cm³/mol. The van der Waals surface area contributed by atoms with Gasteiger partial charge in [-0.15, -0.1) is 11.3 Å². The Morgan fingerprint density at radius 2 is 1.73 bits per heavy atom. The third-order valence-electron chi connectivity index (χ3n) is 5.15. The fraction of sp³-hybridized carbons (Fsp3) is 0.526. The monoisotopic (exact) mass is 391 g/mol. The van der Waals surface area contributed by atoms with E-state index in [1.165, 1.54) is 38.7 Å². The average molecular weight is 392 g/mol. The minimum atomic E-state index is -3.15. The molecule has 2 aliphatic rings. The quantitative estimate of drug-likeness (QED) is 0.758. The molecule has 1 aliphatic carbocycles. The highest BCUT2D eigenvalue weighted by atomic mass is 32.2. The molecule has 140 valence electrons. The van der Waals surface area contributed by atoms with E-state index in [9.17, 15) is 8.42 Å². The second-order valence-corrected chi connectivity index (χ2v) is 10.3. The lowest BCUT2D eigenvalue weighted by Crippen LogP contribution is -2.46. The molecule has 7 heteroatoms. The summed E-state index contributed by atoms with van der Waals surface area (Å²) in [6, 6.07) is 7.00. The Morgan fingerprint density at radius 1 is 1.08 bits per heavy atom. The van der Waals surface area contributed by atoms with Gasteiger partial charge in [0.05, 0.1) is 10.6 Å². The third-order valence-corrected chi connectivity index (χ3v) is 7.21. The fourth-order valence-electron chi connectivity index (χ4n) is 3.38. The average Bonchev–Trinajstić information content (AvgIpc) is 3.31. The molecule has 0 amide bonds. The molecule has 0 radical (unpaired) electrons. The summed E-state index contributed by atoms with van der Waals surface area (Å²) in [5, 5.41) is 3.07. The topological polar surface area (TPSA) is 53.5 Å². The molecule has 0 N–H and O–H groups in total. The maximum atomic E-state index is 11.6. The normalized spacial score (nSPS) is 19.7. The number of hydrogen-bond acceptors (Lipinski definition) is 6. The zero-order chi connectivity index (χ0) is 18.1. The summed E-state index contributed by atoms with van der Waals surface area (Å²) < 4.78 is 23.1. The van der Waals surface area contributed by atoms with Crippen LogP contribution in [0.3, 0.4) is 0 Å². The first-order chi connectivity index (χ1) is 12.5. The van der Waals surface area contributed by atoms with Gasteiger partial charge in [0.15, 0.2) is 9.84 Å². The summed E-state index contributed by atoms with van der Waals surface area (Å²) in [6.07, 6.45) is 4.08. The van der Waals surface area contributed by atoms with Gasteiger partial charge in [0.25, 0.3) is 0 Å². The maximum Gasteiger partial charge on any atom is 0.175 e. The van der Waals surface area contributed by atoms with Crippen LogP contribution in [-0.4, -0.2) is 62.2 Å². The summed E-state index contributed by atoms with van der Waals surface area (Å²) in [5.41, 5.74) is 2.08. The Bertz CT molecular complexity index is 849. The van der Waals surface area contributed by atoms with E-state index in [2.05, 4.69) is 15.2 Å². The van der Waals surface area contributed by atoms with Crippen molar-refractivity contribution in [3.05, 3.63) is 35.3 Å². The van der Waals surface area contributed by atoms with Gasteiger partial charge in [-0.25, -0.2) is 13.4 Å². The van der Waals surface area contributed by atoms with Crippen LogP contribution in [0.1, 0.15) is 18.5 Å². The standard InChI is InChI=1S/C19H25N3O2S2/c1-26(23,24)18-6-4-16(5-7-18)19-20-17(14-25-19)13-22-10-8-21(9-11-22)12-15-2-3-15/h4-7,14-15H,2-3,8-13H2,1H3. The maximum absolute atomic E-state index is 11.6. The van der Waals surface area contributed by atoms with Gasteiger partial charge in [-0.2, -0.15) is 0 Å². The van der Waals surface area contributed by atoms with Crippen LogP contribution in [-0.2, 0) is 16.4 Å². The van der Waals surface area contributed by atoms with Crippen molar-refractivity contribution in [2.24, 2.45) is 5.92 Å². The summed E-state index contributed by atoms with van der Waals surface area (Å²) in [6.45, 7) is 6.75. The van der Waals surface area contributed by atoms with E-state index < -0.39 is 9.84 Å². The van der Waals surface area contributed by atoms with E-state index in [4.69, 9.17) is 4.98 Å². The third kappa shape index (κ3) is 4.52. The van der Waals surface area contributed by atoms with Crippen molar-refractivity contribution in [1.29, 1.82) is 0 Å². The highest BCUT2D eigenvalue weighted by Crippen LogP contribution is 2.30. The van der Waals surface area contributed by atoms with Crippen molar-refractivity contribution in [1.82, 2.24) is 14.8 Å². The lowest BCUT2D eigenvalue weighted by molar-refractivity contribution is 0.122. The Morgan fingerprint density at radius 3 is 2.35 bits per heavy atom. The van der Waals surface area contributed by atoms with Crippen molar-refractivity contribution in [3.8, 4) is 10.6 Å². The smallest absolute Gasteiger partial charge is 0.175 e. The molecule has 1 saturated heterocycles. The fourth-order valence-corrected chi connectivity index (χ4v) is 4.83. The zero-order valence-corrected chi connectivity index (χ0v) is 16.7. The van der Waals surface area contributed by atoms with Crippen LogP contribution in [0, 0.1) is 5.92 Å². The molecular formula is C19H25N3O2S2. The molecule has 0 atom stereocenters. The Kier molecular flexibility index (Phi) is 5.14. The van der Waals surface area contributed by atoms with Gasteiger partial charge in [-0.1, -0.05) is 12.1 Å². The number of piperazine rings is 1. The van der Waals surface area contributed by atoms with Crippen LogP contribution >= 0.6 is 11.3 Å². The molecule has 0 unspecified atom stereocenters. The lowest BCUT2D eigenvalue weighted by Gasteiger charge is -2.34. The van der Waals surface area contributed by atoms with Crippen molar-refractivity contribution < 1.29 is 8.42 Å². The number of aromatic nitrogens is 1. The van der Waals surface area contributed by atoms with Gasteiger partial charge < -0.3 is 4.90 Å². The summed E-state index contributed by atoms with van der Waals surface area (Å²) in [5.74, 6) is 0.969. The van der Waals surface area contributed by atoms with Gasteiger partial charge in [0.2, 0.25) is 0 Å². The van der Waals surface area contributed by atoms with Crippen LogP contribution < -0.4 is 0 Å². The van der Waals surface area contributed by atoms with Crippen molar-refractivity contribution >= 4 is 21.2 Å². The zero-order valence-electron chi connectivity index (χ0n) is 15.1. The molecule has 2 heterocycles. The second-order valence-electron chi connectivity index (χ2n) is 7.46. The Hall–Kier alpha value is -1.28. The number of benzene rings is 1. The number of nitrogens with zero attached hydrogens (tertiary/aromatic N) is 3. The first kappa shape index (κ1) is 18.1. The van der Waals surface area contributed by atoms with E-state index in [1.807, 2.05) is 12.1 Å². The number of sulfone groups is 1. The van der Waals surface area contributed by atoms with E-state index in [0.29, 0.717) is 4.90 Å². The van der Waals surface area contributed by atoms with Crippen LogP contribution in [0.25, 0.3) is 10.6 Å². The first-order valence-corrected chi connectivity index (χ1v) is 11.9.